The van der Waals surface area contributed by atoms with E-state index >= 15 is 0 Å². The van der Waals surface area contributed by atoms with E-state index in [2.05, 4.69) is 4.72 Å². The number of fused-ring (bicyclic) bond motifs is 1. The van der Waals surface area contributed by atoms with Crippen LogP contribution in [0.4, 0.5) is 0 Å². The van der Waals surface area contributed by atoms with Crippen LogP contribution >= 0.6 is 11.6 Å². The summed E-state index contributed by atoms with van der Waals surface area (Å²) in [6, 6.07) is 4.65. The lowest BCUT2D eigenvalue weighted by Crippen LogP contribution is -2.45. The molecule has 0 unspecified atom stereocenters. The van der Waals surface area contributed by atoms with Gasteiger partial charge in [0.1, 0.15) is 0 Å². The van der Waals surface area contributed by atoms with Gasteiger partial charge in [0.2, 0.25) is 20.0 Å². The van der Waals surface area contributed by atoms with Crippen molar-refractivity contribution in [2.45, 2.75) is 42.3 Å². The van der Waals surface area contributed by atoms with Gasteiger partial charge in [0, 0.05) is 30.2 Å². The average molecular weight is 434 g/mol. The summed E-state index contributed by atoms with van der Waals surface area (Å²) in [7, 11) is -7.38. The summed E-state index contributed by atoms with van der Waals surface area (Å²) in [6.07, 6.45) is 1.64. The number of carbonyl (C=O) groups excluding carboxylic acids is 1. The molecule has 4 rings (SSSR count). The molecule has 3 aliphatic rings. The van der Waals surface area contributed by atoms with Crippen LogP contribution in [0, 0.1) is 0 Å². The van der Waals surface area contributed by atoms with Gasteiger partial charge < -0.3 is 0 Å². The molecule has 0 spiro atoms. The Kier molecular flexibility index (Phi) is 4.75. The fourth-order valence-corrected chi connectivity index (χ4v) is 7.01. The zero-order valence-electron chi connectivity index (χ0n) is 14.4. The minimum Gasteiger partial charge on any atom is -0.289 e. The SMILES string of the molecule is O=C1[C@@H]2C[C@H](NS(=O)(=O)c3cccc(Cl)c3)CN2CCS(=O)(=O)N1C1CC1. The second-order valence-corrected chi connectivity index (χ2v) is 11.3. The maximum atomic E-state index is 12.9. The fourth-order valence-electron chi connectivity index (χ4n) is 3.75. The number of hydrogen-bond donors (Lipinski definition) is 1. The molecule has 8 nitrogen and oxygen atoms in total. The first-order valence-electron chi connectivity index (χ1n) is 8.75. The predicted octanol–water partition coefficient (Wildman–Crippen LogP) is 0.396. The van der Waals surface area contributed by atoms with Gasteiger partial charge in [-0.25, -0.2) is 25.9 Å². The van der Waals surface area contributed by atoms with Gasteiger partial charge in [-0.3, -0.25) is 9.69 Å². The Morgan fingerprint density at radius 3 is 2.63 bits per heavy atom. The smallest absolute Gasteiger partial charge is 0.253 e. The molecule has 11 heteroatoms. The van der Waals surface area contributed by atoms with Gasteiger partial charge in [0.15, 0.2) is 0 Å². The number of amides is 1. The summed E-state index contributed by atoms with van der Waals surface area (Å²) >= 11 is 5.88. The third kappa shape index (κ3) is 3.73. The Hall–Kier alpha value is -1.20. The van der Waals surface area contributed by atoms with Crippen molar-refractivity contribution in [1.82, 2.24) is 13.9 Å². The number of hydrogen-bond acceptors (Lipinski definition) is 6. The Balaban J connectivity index is 1.52. The number of halogens is 1. The summed E-state index contributed by atoms with van der Waals surface area (Å²) in [5.41, 5.74) is 0. The molecule has 2 heterocycles. The highest BCUT2D eigenvalue weighted by Gasteiger charge is 2.50. The highest BCUT2D eigenvalue weighted by molar-refractivity contribution is 7.89. The molecule has 1 aliphatic carbocycles. The van der Waals surface area contributed by atoms with E-state index < -0.39 is 38.0 Å². The summed E-state index contributed by atoms with van der Waals surface area (Å²) < 4.78 is 53.7. The van der Waals surface area contributed by atoms with Crippen molar-refractivity contribution in [3.8, 4) is 0 Å². The number of nitrogens with zero attached hydrogens (tertiary/aromatic N) is 2. The number of carbonyl (C=O) groups is 1. The third-order valence-corrected chi connectivity index (χ3v) is 8.68. The summed E-state index contributed by atoms with van der Waals surface area (Å²) in [5.74, 6) is -0.557. The molecule has 1 N–H and O–H groups in total. The highest BCUT2D eigenvalue weighted by atomic mass is 35.5. The Labute approximate surface area is 163 Å². The Bertz CT molecular complexity index is 978. The van der Waals surface area contributed by atoms with Crippen LogP contribution in [0.5, 0.6) is 0 Å². The van der Waals surface area contributed by atoms with Gasteiger partial charge in [-0.1, -0.05) is 17.7 Å². The highest BCUT2D eigenvalue weighted by Crippen LogP contribution is 2.34. The molecule has 0 aromatic heterocycles. The molecule has 0 bridgehead atoms. The van der Waals surface area contributed by atoms with Crippen molar-refractivity contribution < 1.29 is 21.6 Å². The lowest BCUT2D eigenvalue weighted by atomic mass is 10.1. The van der Waals surface area contributed by atoms with E-state index in [1.165, 1.54) is 12.1 Å². The number of benzene rings is 1. The Morgan fingerprint density at radius 2 is 1.96 bits per heavy atom. The summed E-state index contributed by atoms with van der Waals surface area (Å²) in [6.45, 7) is 0.515. The largest absolute Gasteiger partial charge is 0.289 e. The van der Waals surface area contributed by atoms with Gasteiger partial charge in [-0.05, 0) is 37.5 Å². The van der Waals surface area contributed by atoms with Crippen LogP contribution in [0.3, 0.4) is 0 Å². The van der Waals surface area contributed by atoms with Crippen LogP contribution in [-0.2, 0) is 24.8 Å². The molecule has 1 aromatic carbocycles. The first-order valence-corrected chi connectivity index (χ1v) is 12.2. The van der Waals surface area contributed by atoms with Gasteiger partial charge >= 0.3 is 0 Å². The molecule has 27 heavy (non-hydrogen) atoms. The maximum absolute atomic E-state index is 12.9. The molecule has 2 atom stereocenters. The summed E-state index contributed by atoms with van der Waals surface area (Å²) in [4.78, 5) is 14.7. The van der Waals surface area contributed by atoms with E-state index in [0.29, 0.717) is 24.4 Å². The standard InChI is InChI=1S/C16H20ClN3O5S2/c17-11-2-1-3-14(8-11)27(24,25)18-12-9-15-16(21)20(13-4-5-13)26(22,23)7-6-19(15)10-12/h1-3,8,12-13,15,18H,4-7,9-10H2/t12-,15-/m0/s1. The van der Waals surface area contributed by atoms with Gasteiger partial charge in [0.05, 0.1) is 16.7 Å². The number of rotatable bonds is 4. The lowest BCUT2D eigenvalue weighted by molar-refractivity contribution is -0.130. The second-order valence-electron chi connectivity index (χ2n) is 7.20. The van der Waals surface area contributed by atoms with Crippen LogP contribution in [0.25, 0.3) is 0 Å². The zero-order valence-corrected chi connectivity index (χ0v) is 16.8. The van der Waals surface area contributed by atoms with Crippen LogP contribution in [0.2, 0.25) is 5.02 Å². The number of nitrogens with one attached hydrogen (secondary N) is 1. The Morgan fingerprint density at radius 1 is 1.22 bits per heavy atom. The van der Waals surface area contributed by atoms with E-state index in [4.69, 9.17) is 11.6 Å². The minimum atomic E-state index is -3.78. The van der Waals surface area contributed by atoms with Gasteiger partial charge in [-0.2, -0.15) is 0 Å². The molecule has 1 amide bonds. The maximum Gasteiger partial charge on any atom is 0.253 e. The number of sulfonamides is 2. The second kappa shape index (κ2) is 6.70. The quantitative estimate of drug-likeness (QED) is 0.736. The van der Waals surface area contributed by atoms with Crippen molar-refractivity contribution in [3.05, 3.63) is 29.3 Å². The lowest BCUT2D eigenvalue weighted by Gasteiger charge is -2.23. The van der Waals surface area contributed by atoms with Crippen LogP contribution in [-0.4, -0.2) is 68.9 Å². The van der Waals surface area contributed by atoms with E-state index in [0.717, 1.165) is 4.31 Å². The molecule has 1 aromatic rings. The molecule has 2 aliphatic heterocycles. The molecule has 148 valence electrons. The first kappa shape index (κ1) is 19.1. The van der Waals surface area contributed by atoms with Gasteiger partial charge in [-0.15, -0.1) is 0 Å². The van der Waals surface area contributed by atoms with E-state index in [1.807, 2.05) is 0 Å². The van der Waals surface area contributed by atoms with Crippen molar-refractivity contribution in [2.24, 2.45) is 0 Å². The van der Waals surface area contributed by atoms with E-state index in [-0.39, 0.29) is 29.7 Å². The fraction of sp³-hybridized carbons (Fsp3) is 0.562. The first-order chi connectivity index (χ1) is 12.7. The third-order valence-electron chi connectivity index (χ3n) is 5.15. The van der Waals surface area contributed by atoms with Crippen LogP contribution < -0.4 is 4.72 Å². The zero-order chi connectivity index (χ0) is 19.4. The van der Waals surface area contributed by atoms with Crippen LogP contribution in [0.15, 0.2) is 29.2 Å². The normalized spacial score (nSPS) is 28.8. The topological polar surface area (TPSA) is 104 Å². The minimum absolute atomic E-state index is 0.0607. The van der Waals surface area contributed by atoms with E-state index in [9.17, 15) is 21.6 Å². The molecule has 3 fully saturated rings. The molecular formula is C16H20ClN3O5S2. The molecular weight excluding hydrogens is 414 g/mol. The van der Waals surface area contributed by atoms with Gasteiger partial charge in [0.25, 0.3) is 5.91 Å². The molecule has 0 radical (unpaired) electrons. The van der Waals surface area contributed by atoms with Crippen molar-refractivity contribution in [3.63, 3.8) is 0 Å². The van der Waals surface area contributed by atoms with Crippen molar-refractivity contribution in [1.29, 1.82) is 0 Å². The van der Waals surface area contributed by atoms with Crippen molar-refractivity contribution >= 4 is 37.6 Å². The molecule has 2 saturated heterocycles. The summed E-state index contributed by atoms with van der Waals surface area (Å²) in [5, 5.41) is 0.318. The monoisotopic (exact) mass is 433 g/mol. The van der Waals surface area contributed by atoms with Crippen molar-refractivity contribution in [2.75, 3.05) is 18.8 Å². The van der Waals surface area contributed by atoms with E-state index in [1.54, 1.807) is 17.0 Å². The van der Waals surface area contributed by atoms with Crippen LogP contribution in [0.1, 0.15) is 19.3 Å². The average Bonchev–Trinajstić information content (AvgIpc) is 3.33. The molecule has 1 saturated carbocycles. The predicted molar refractivity (Wildman–Crippen MR) is 99.2 cm³/mol.